The first-order valence-electron chi connectivity index (χ1n) is 8.35. The standard InChI is InChI=1S/C16H9F17OS/c17-9(18,5-6-35-8-3-1-7(34)2-4-8)10(19,20)11(21,22)12(23,24)13(25,26)14(27,28)15(29,30)16(31,32)33/h1-4,34H,5-6H2. The second kappa shape index (κ2) is 8.93. The molecular formula is C16H9F17OS. The van der Waals surface area contributed by atoms with Crippen LogP contribution < -0.4 is 0 Å². The molecule has 0 amide bonds. The Morgan fingerprint density at radius 3 is 1.23 bits per heavy atom. The van der Waals surface area contributed by atoms with Crippen molar-refractivity contribution in [3.8, 4) is 5.75 Å². The lowest BCUT2D eigenvalue weighted by Gasteiger charge is -2.42. The third-order valence-electron chi connectivity index (χ3n) is 4.31. The molecule has 0 bridgehead atoms. The Balaban J connectivity index is 3.34. The predicted octanol–water partition coefficient (Wildman–Crippen LogP) is 7.88. The van der Waals surface area contributed by atoms with Gasteiger partial charge < -0.3 is 5.11 Å². The highest BCUT2D eigenvalue weighted by atomic mass is 32.2. The summed E-state index contributed by atoms with van der Waals surface area (Å²) in [6.07, 6.45) is -10.3. The molecule has 1 rings (SSSR count). The lowest BCUT2D eigenvalue weighted by atomic mass is 9.88. The molecule has 1 aromatic rings. The van der Waals surface area contributed by atoms with Crippen LogP contribution in [0.15, 0.2) is 29.2 Å². The number of alkyl halides is 17. The van der Waals surface area contributed by atoms with Gasteiger partial charge in [0.15, 0.2) is 0 Å². The summed E-state index contributed by atoms with van der Waals surface area (Å²) in [6, 6.07) is 3.82. The van der Waals surface area contributed by atoms with E-state index < -0.39 is 59.8 Å². The quantitative estimate of drug-likeness (QED) is 0.228. The predicted molar refractivity (Wildman–Crippen MR) is 84.1 cm³/mol. The second-order valence-electron chi connectivity index (χ2n) is 6.74. The molecule has 0 aromatic heterocycles. The Morgan fingerprint density at radius 2 is 0.857 bits per heavy atom. The van der Waals surface area contributed by atoms with E-state index in [0.717, 1.165) is 24.3 Å². The van der Waals surface area contributed by atoms with Gasteiger partial charge >= 0.3 is 47.6 Å². The fraction of sp³-hybridized carbons (Fsp3) is 0.625. The van der Waals surface area contributed by atoms with Gasteiger partial charge in [-0.15, -0.1) is 11.8 Å². The third-order valence-corrected chi connectivity index (χ3v) is 5.32. The van der Waals surface area contributed by atoms with Crippen LogP contribution in [0.3, 0.4) is 0 Å². The lowest BCUT2D eigenvalue weighted by Crippen LogP contribution is -2.74. The maximum atomic E-state index is 13.7. The number of phenols is 1. The van der Waals surface area contributed by atoms with Crippen LogP contribution in [0, 0.1) is 0 Å². The highest BCUT2D eigenvalue weighted by Gasteiger charge is 2.95. The molecule has 1 aromatic carbocycles. The summed E-state index contributed by atoms with van der Waals surface area (Å²) >= 11 is 0.157. The number of hydrogen-bond acceptors (Lipinski definition) is 2. The molecule has 0 radical (unpaired) electrons. The van der Waals surface area contributed by atoms with Gasteiger partial charge in [0, 0.05) is 17.1 Å². The first kappa shape index (κ1) is 31.2. The van der Waals surface area contributed by atoms with E-state index in [2.05, 4.69) is 0 Å². The molecule has 0 atom stereocenters. The molecular weight excluding hydrogens is 563 g/mol. The first-order valence-corrected chi connectivity index (χ1v) is 9.34. The summed E-state index contributed by atoms with van der Waals surface area (Å²) in [7, 11) is 0. The van der Waals surface area contributed by atoms with Crippen LogP contribution in [-0.2, 0) is 0 Å². The monoisotopic (exact) mass is 572 g/mol. The van der Waals surface area contributed by atoms with E-state index in [-0.39, 0.29) is 22.4 Å². The van der Waals surface area contributed by atoms with Crippen molar-refractivity contribution in [2.24, 2.45) is 0 Å². The summed E-state index contributed by atoms with van der Waals surface area (Å²) in [5, 5.41) is 8.99. The van der Waals surface area contributed by atoms with Crippen molar-refractivity contribution in [3.63, 3.8) is 0 Å². The summed E-state index contributed by atoms with van der Waals surface area (Å²) in [4.78, 5) is -0.0976. The van der Waals surface area contributed by atoms with Crippen LogP contribution in [0.5, 0.6) is 5.75 Å². The molecule has 0 aliphatic rings. The molecule has 1 nitrogen and oxygen atoms in total. The van der Waals surface area contributed by atoms with Crippen molar-refractivity contribution in [1.82, 2.24) is 0 Å². The highest BCUT2D eigenvalue weighted by molar-refractivity contribution is 7.99. The lowest BCUT2D eigenvalue weighted by molar-refractivity contribution is -0.461. The van der Waals surface area contributed by atoms with E-state index in [0.29, 0.717) is 0 Å². The molecule has 1 N–H and O–H groups in total. The maximum Gasteiger partial charge on any atom is 0.460 e. The minimum Gasteiger partial charge on any atom is -0.508 e. The fourth-order valence-corrected chi connectivity index (χ4v) is 3.12. The fourth-order valence-electron chi connectivity index (χ4n) is 2.19. The summed E-state index contributed by atoms with van der Waals surface area (Å²) in [6.45, 7) is 0. The van der Waals surface area contributed by atoms with Crippen LogP contribution in [0.25, 0.3) is 0 Å². The first-order chi connectivity index (χ1) is 15.2. The van der Waals surface area contributed by atoms with Crippen molar-refractivity contribution in [3.05, 3.63) is 24.3 Å². The Bertz CT molecular complexity index is 875. The summed E-state index contributed by atoms with van der Waals surface area (Å²) in [5.74, 6) is -57.9. The van der Waals surface area contributed by atoms with Crippen molar-refractivity contribution in [2.75, 3.05) is 5.75 Å². The Hall–Kier alpha value is -1.82. The van der Waals surface area contributed by atoms with Gasteiger partial charge in [0.05, 0.1) is 0 Å². The van der Waals surface area contributed by atoms with E-state index >= 15 is 0 Å². The molecule has 0 heterocycles. The molecule has 0 saturated carbocycles. The molecule has 0 spiro atoms. The van der Waals surface area contributed by atoms with Gasteiger partial charge in [0.1, 0.15) is 5.75 Å². The molecule has 0 unspecified atom stereocenters. The molecule has 204 valence electrons. The topological polar surface area (TPSA) is 20.2 Å². The number of thioether (sulfide) groups is 1. The van der Waals surface area contributed by atoms with Crippen LogP contribution >= 0.6 is 11.8 Å². The van der Waals surface area contributed by atoms with Crippen LogP contribution in [0.2, 0.25) is 0 Å². The smallest absolute Gasteiger partial charge is 0.460 e. The number of aromatic hydroxyl groups is 1. The van der Waals surface area contributed by atoms with E-state index in [1.54, 1.807) is 0 Å². The Labute approximate surface area is 187 Å². The SMILES string of the molecule is Oc1ccc(SCCC(F)(F)C(F)(F)C(F)(F)C(F)(F)C(F)(F)C(F)(F)C(F)(F)C(F)(F)F)cc1. The molecule has 35 heavy (non-hydrogen) atoms. The Kier molecular flexibility index (Phi) is 7.97. The van der Waals surface area contributed by atoms with Gasteiger partial charge in [-0.1, -0.05) is 0 Å². The van der Waals surface area contributed by atoms with Crippen molar-refractivity contribution in [1.29, 1.82) is 0 Å². The Morgan fingerprint density at radius 1 is 0.514 bits per heavy atom. The number of rotatable bonds is 10. The van der Waals surface area contributed by atoms with Gasteiger partial charge in [-0.05, 0) is 24.3 Å². The largest absolute Gasteiger partial charge is 0.508 e. The zero-order valence-corrected chi connectivity index (χ0v) is 16.8. The van der Waals surface area contributed by atoms with Crippen LogP contribution in [0.4, 0.5) is 74.6 Å². The van der Waals surface area contributed by atoms with Crippen molar-refractivity contribution >= 4 is 11.8 Å². The van der Waals surface area contributed by atoms with Gasteiger partial charge in [-0.2, -0.15) is 74.6 Å². The average Bonchev–Trinajstić information content (AvgIpc) is 2.67. The molecule has 0 aliphatic heterocycles. The zero-order valence-electron chi connectivity index (χ0n) is 16.0. The van der Waals surface area contributed by atoms with E-state index in [4.69, 9.17) is 5.11 Å². The number of hydrogen-bond donors (Lipinski definition) is 1. The van der Waals surface area contributed by atoms with E-state index in [9.17, 15) is 74.6 Å². The number of phenolic OH excluding ortho intramolecular Hbond substituents is 1. The normalized spacial score (nSPS) is 15.5. The van der Waals surface area contributed by atoms with Crippen LogP contribution in [-0.4, -0.2) is 58.5 Å². The molecule has 0 fully saturated rings. The minimum atomic E-state index is -8.62. The molecule has 0 saturated heterocycles. The second-order valence-corrected chi connectivity index (χ2v) is 7.91. The highest BCUT2D eigenvalue weighted by Crippen LogP contribution is 2.64. The van der Waals surface area contributed by atoms with Gasteiger partial charge in [-0.3, -0.25) is 0 Å². The number of benzene rings is 1. The van der Waals surface area contributed by atoms with Gasteiger partial charge in [-0.25, -0.2) is 0 Å². The number of halogens is 17. The van der Waals surface area contributed by atoms with Gasteiger partial charge in [0.2, 0.25) is 0 Å². The van der Waals surface area contributed by atoms with Crippen molar-refractivity contribution in [2.45, 2.75) is 59.0 Å². The van der Waals surface area contributed by atoms with Crippen LogP contribution in [0.1, 0.15) is 6.42 Å². The summed E-state index contributed by atoms with van der Waals surface area (Å²) < 4.78 is 223. The molecule has 0 aliphatic carbocycles. The maximum absolute atomic E-state index is 13.7. The van der Waals surface area contributed by atoms with E-state index in [1.807, 2.05) is 0 Å². The van der Waals surface area contributed by atoms with Crippen molar-refractivity contribution < 1.29 is 79.7 Å². The minimum absolute atomic E-state index is 0.0976. The average molecular weight is 572 g/mol. The molecule has 19 heteroatoms. The zero-order chi connectivity index (χ0) is 28.1. The summed E-state index contributed by atoms with van der Waals surface area (Å²) in [5.41, 5.74) is 0. The third kappa shape index (κ3) is 4.80. The van der Waals surface area contributed by atoms with Gasteiger partial charge in [0.25, 0.3) is 0 Å². The van der Waals surface area contributed by atoms with E-state index in [1.165, 1.54) is 0 Å².